The maximum atomic E-state index is 12.9. The van der Waals surface area contributed by atoms with Gasteiger partial charge in [-0.3, -0.25) is 9.59 Å². The number of anilines is 1. The molecule has 8 nitrogen and oxygen atoms in total. The number of hydrogen-bond donors (Lipinski definition) is 2. The van der Waals surface area contributed by atoms with E-state index in [4.69, 9.17) is 14.2 Å². The minimum absolute atomic E-state index is 0.0964. The molecule has 0 aliphatic carbocycles. The maximum Gasteiger partial charge on any atom is 0.284 e. The van der Waals surface area contributed by atoms with E-state index in [1.54, 1.807) is 42.5 Å². The smallest absolute Gasteiger partial charge is 0.284 e. The van der Waals surface area contributed by atoms with Crippen LogP contribution in [0.1, 0.15) is 5.56 Å². The van der Waals surface area contributed by atoms with E-state index < -0.39 is 12.0 Å². The van der Waals surface area contributed by atoms with Crippen LogP contribution in [0.3, 0.4) is 0 Å². The number of halogens is 1. The molecule has 1 aliphatic rings. The number of amides is 2. The Hall–Kier alpha value is -4.40. The van der Waals surface area contributed by atoms with Crippen molar-refractivity contribution >= 4 is 23.7 Å². The Bertz CT molecular complexity index is 1150. The van der Waals surface area contributed by atoms with E-state index in [-0.39, 0.29) is 24.9 Å². The summed E-state index contributed by atoms with van der Waals surface area (Å²) >= 11 is 0. The number of carbonyl (C=O) groups is 2. The average molecular weight is 449 g/mol. The minimum Gasteiger partial charge on any atom is -0.485 e. The molecule has 9 heteroatoms. The zero-order valence-corrected chi connectivity index (χ0v) is 17.4. The van der Waals surface area contributed by atoms with Crippen LogP contribution in [-0.4, -0.2) is 37.3 Å². The van der Waals surface area contributed by atoms with Crippen LogP contribution in [0.2, 0.25) is 0 Å². The number of fused-ring (bicyclic) bond motifs is 1. The van der Waals surface area contributed by atoms with Crippen LogP contribution >= 0.6 is 0 Å². The molecule has 0 bridgehead atoms. The van der Waals surface area contributed by atoms with Crippen molar-refractivity contribution in [1.29, 1.82) is 0 Å². The second-order valence-corrected chi connectivity index (χ2v) is 7.01. The minimum atomic E-state index is -0.797. The third-order valence-electron chi connectivity index (χ3n) is 4.57. The molecule has 1 heterocycles. The lowest BCUT2D eigenvalue weighted by Gasteiger charge is -2.24. The molecule has 1 aliphatic heterocycles. The van der Waals surface area contributed by atoms with Gasteiger partial charge in [0.25, 0.3) is 11.8 Å². The van der Waals surface area contributed by atoms with Crippen LogP contribution in [-0.2, 0) is 9.59 Å². The summed E-state index contributed by atoms with van der Waals surface area (Å²) < 4.78 is 29.5. The summed E-state index contributed by atoms with van der Waals surface area (Å²) in [5.74, 6) is 0.417. The Morgan fingerprint density at radius 1 is 1.03 bits per heavy atom. The van der Waals surface area contributed by atoms with E-state index in [1.807, 2.05) is 6.07 Å². The SMILES string of the molecule is O=C(COc1ccc(/C=N/NC(=O)C2COc3ccccc3O2)cc1)Nc1ccc(F)cc1. The number of para-hydroxylation sites is 2. The Kier molecular flexibility index (Phi) is 6.79. The summed E-state index contributed by atoms with van der Waals surface area (Å²) in [6.45, 7) is -0.105. The lowest BCUT2D eigenvalue weighted by atomic mass is 10.2. The highest BCUT2D eigenvalue weighted by molar-refractivity contribution is 5.91. The fourth-order valence-electron chi connectivity index (χ4n) is 2.92. The van der Waals surface area contributed by atoms with Crippen LogP contribution in [0.15, 0.2) is 77.9 Å². The first-order valence-electron chi connectivity index (χ1n) is 10.1. The zero-order chi connectivity index (χ0) is 23.0. The summed E-state index contributed by atoms with van der Waals surface area (Å²) in [5, 5.41) is 6.55. The predicted octanol–water partition coefficient (Wildman–Crippen LogP) is 3.13. The number of nitrogens with zero attached hydrogens (tertiary/aromatic N) is 1. The molecule has 0 saturated heterocycles. The predicted molar refractivity (Wildman–Crippen MR) is 119 cm³/mol. The van der Waals surface area contributed by atoms with Crippen molar-refractivity contribution in [2.24, 2.45) is 5.10 Å². The van der Waals surface area contributed by atoms with E-state index in [2.05, 4.69) is 15.8 Å². The van der Waals surface area contributed by atoms with Crippen molar-refractivity contribution < 1.29 is 28.2 Å². The third kappa shape index (κ3) is 6.07. The van der Waals surface area contributed by atoms with Crippen LogP contribution in [0, 0.1) is 5.82 Å². The number of carbonyl (C=O) groups excluding carboxylic acids is 2. The van der Waals surface area contributed by atoms with E-state index >= 15 is 0 Å². The first kappa shape index (κ1) is 21.8. The normalized spacial score (nSPS) is 14.5. The largest absolute Gasteiger partial charge is 0.485 e. The number of hydrogen-bond acceptors (Lipinski definition) is 6. The van der Waals surface area contributed by atoms with Crippen LogP contribution in [0.5, 0.6) is 17.2 Å². The topological polar surface area (TPSA) is 98.2 Å². The van der Waals surface area contributed by atoms with E-state index in [0.717, 1.165) is 0 Å². The van der Waals surface area contributed by atoms with Gasteiger partial charge in [-0.1, -0.05) is 12.1 Å². The van der Waals surface area contributed by atoms with Crippen molar-refractivity contribution in [3.8, 4) is 17.2 Å². The lowest BCUT2D eigenvalue weighted by Crippen LogP contribution is -2.42. The Balaban J connectivity index is 1.21. The van der Waals surface area contributed by atoms with Gasteiger partial charge in [0.15, 0.2) is 18.1 Å². The standard InChI is InChI=1S/C24H20FN3O5/c25-17-7-9-18(10-8-17)27-23(29)15-31-19-11-5-16(6-12-19)13-26-28-24(30)22-14-32-20-3-1-2-4-21(20)33-22/h1-13,22H,14-15H2,(H,27,29)(H,28,30)/b26-13+. The number of nitrogens with one attached hydrogen (secondary N) is 2. The molecule has 0 spiro atoms. The van der Waals surface area contributed by atoms with Gasteiger partial charge < -0.3 is 19.5 Å². The van der Waals surface area contributed by atoms with Crippen molar-refractivity contribution in [2.75, 3.05) is 18.5 Å². The summed E-state index contributed by atoms with van der Waals surface area (Å²) in [5.41, 5.74) is 3.62. The molecule has 3 aromatic carbocycles. The van der Waals surface area contributed by atoms with Crippen molar-refractivity contribution in [2.45, 2.75) is 6.10 Å². The molecule has 0 saturated carbocycles. The average Bonchev–Trinajstić information content (AvgIpc) is 2.84. The van der Waals surface area contributed by atoms with Crippen molar-refractivity contribution in [3.05, 3.63) is 84.2 Å². The van der Waals surface area contributed by atoms with Gasteiger partial charge in [0.2, 0.25) is 6.10 Å². The zero-order valence-electron chi connectivity index (χ0n) is 17.4. The molecule has 1 unspecified atom stereocenters. The summed E-state index contributed by atoms with van der Waals surface area (Å²) in [6, 6.07) is 19.4. The molecular weight excluding hydrogens is 429 g/mol. The fourth-order valence-corrected chi connectivity index (χ4v) is 2.92. The first-order valence-corrected chi connectivity index (χ1v) is 10.1. The molecule has 2 amide bonds. The van der Waals surface area contributed by atoms with Crippen LogP contribution in [0.4, 0.5) is 10.1 Å². The Morgan fingerprint density at radius 3 is 2.52 bits per heavy atom. The maximum absolute atomic E-state index is 12.9. The van der Waals surface area contributed by atoms with Crippen LogP contribution in [0.25, 0.3) is 0 Å². The van der Waals surface area contributed by atoms with Crippen molar-refractivity contribution in [1.82, 2.24) is 5.43 Å². The molecule has 168 valence electrons. The van der Waals surface area contributed by atoms with Gasteiger partial charge in [-0.15, -0.1) is 0 Å². The molecule has 0 fully saturated rings. The van der Waals surface area contributed by atoms with Gasteiger partial charge in [0.05, 0.1) is 6.21 Å². The highest BCUT2D eigenvalue weighted by atomic mass is 19.1. The molecule has 2 N–H and O–H groups in total. The highest BCUT2D eigenvalue weighted by Gasteiger charge is 2.26. The number of benzene rings is 3. The molecule has 0 radical (unpaired) electrons. The van der Waals surface area contributed by atoms with Crippen LogP contribution < -0.4 is 25.0 Å². The van der Waals surface area contributed by atoms with E-state index in [1.165, 1.54) is 30.5 Å². The molecule has 3 aromatic rings. The number of ether oxygens (including phenoxy) is 3. The van der Waals surface area contributed by atoms with Crippen molar-refractivity contribution in [3.63, 3.8) is 0 Å². The van der Waals surface area contributed by atoms with E-state index in [9.17, 15) is 14.0 Å². The van der Waals surface area contributed by atoms with E-state index in [0.29, 0.717) is 28.5 Å². The van der Waals surface area contributed by atoms with Gasteiger partial charge in [-0.25, -0.2) is 9.82 Å². The Labute approximate surface area is 189 Å². The number of hydrazone groups is 1. The third-order valence-corrected chi connectivity index (χ3v) is 4.57. The summed E-state index contributed by atoms with van der Waals surface area (Å²) in [4.78, 5) is 24.2. The lowest BCUT2D eigenvalue weighted by molar-refractivity contribution is -0.130. The quantitative estimate of drug-likeness (QED) is 0.427. The number of rotatable bonds is 7. The van der Waals surface area contributed by atoms with Gasteiger partial charge in [0.1, 0.15) is 18.2 Å². The van der Waals surface area contributed by atoms with Gasteiger partial charge >= 0.3 is 0 Å². The van der Waals surface area contributed by atoms with Gasteiger partial charge in [0, 0.05) is 5.69 Å². The van der Waals surface area contributed by atoms with Gasteiger partial charge in [-0.2, -0.15) is 5.10 Å². The second-order valence-electron chi connectivity index (χ2n) is 7.01. The second kappa shape index (κ2) is 10.3. The highest BCUT2D eigenvalue weighted by Crippen LogP contribution is 2.30. The molecule has 33 heavy (non-hydrogen) atoms. The fraction of sp³-hybridized carbons (Fsp3) is 0.125. The summed E-state index contributed by atoms with van der Waals surface area (Å²) in [6.07, 6.45) is 0.675. The summed E-state index contributed by atoms with van der Waals surface area (Å²) in [7, 11) is 0. The molecule has 1 atom stereocenters. The molecule has 4 rings (SSSR count). The molecule has 0 aromatic heterocycles. The first-order chi connectivity index (χ1) is 16.1. The Morgan fingerprint density at radius 2 is 1.76 bits per heavy atom. The van der Waals surface area contributed by atoms with Gasteiger partial charge in [-0.05, 0) is 66.2 Å². The molecular formula is C24H20FN3O5. The monoisotopic (exact) mass is 449 g/mol.